The molecule has 0 radical (unpaired) electrons. The third-order valence-corrected chi connectivity index (χ3v) is 2.43. The van der Waals surface area contributed by atoms with Crippen molar-refractivity contribution in [2.75, 3.05) is 0 Å². The third kappa shape index (κ3) is 1.95. The lowest BCUT2D eigenvalue weighted by Crippen LogP contribution is -1.96. The van der Waals surface area contributed by atoms with Crippen LogP contribution in [0.1, 0.15) is 0 Å². The fourth-order valence-electron chi connectivity index (χ4n) is 1.54. The van der Waals surface area contributed by atoms with E-state index in [0.29, 0.717) is 11.4 Å². The average molecular weight is 241 g/mol. The summed E-state index contributed by atoms with van der Waals surface area (Å²) in [5, 5.41) is 8.01. The second kappa shape index (κ2) is 4.33. The molecular formula is C12H8FN5. The Morgan fingerprint density at radius 1 is 1.11 bits per heavy atom. The number of pyridine rings is 2. The van der Waals surface area contributed by atoms with Crippen LogP contribution in [0.4, 0.5) is 4.39 Å². The first-order chi connectivity index (χ1) is 8.83. The lowest BCUT2D eigenvalue weighted by atomic mass is 10.2. The molecule has 0 bridgehead atoms. The van der Waals surface area contributed by atoms with E-state index in [4.69, 9.17) is 0 Å². The Kier molecular flexibility index (Phi) is 2.53. The van der Waals surface area contributed by atoms with Crippen molar-refractivity contribution < 1.29 is 4.39 Å². The molecule has 0 aromatic carbocycles. The van der Waals surface area contributed by atoms with Gasteiger partial charge < -0.3 is 0 Å². The van der Waals surface area contributed by atoms with Gasteiger partial charge >= 0.3 is 0 Å². The minimum absolute atomic E-state index is 0.522. The first kappa shape index (κ1) is 10.5. The van der Waals surface area contributed by atoms with E-state index in [1.54, 1.807) is 24.7 Å². The summed E-state index contributed by atoms with van der Waals surface area (Å²) in [5.74, 6) is -0.522. The van der Waals surface area contributed by atoms with E-state index >= 15 is 0 Å². The number of hydrogen-bond donors (Lipinski definition) is 0. The van der Waals surface area contributed by atoms with Crippen LogP contribution in [-0.2, 0) is 0 Å². The van der Waals surface area contributed by atoms with Gasteiger partial charge in [-0.2, -0.15) is 4.39 Å². The molecule has 0 aliphatic heterocycles. The first-order valence-electron chi connectivity index (χ1n) is 5.27. The van der Waals surface area contributed by atoms with E-state index in [1.165, 1.54) is 16.9 Å². The van der Waals surface area contributed by atoms with Crippen molar-refractivity contribution in [2.45, 2.75) is 0 Å². The number of rotatable bonds is 2. The van der Waals surface area contributed by atoms with E-state index in [2.05, 4.69) is 20.3 Å². The molecule has 18 heavy (non-hydrogen) atoms. The second-order valence-electron chi connectivity index (χ2n) is 3.63. The van der Waals surface area contributed by atoms with Crippen LogP contribution in [-0.4, -0.2) is 25.0 Å². The van der Waals surface area contributed by atoms with E-state index in [9.17, 15) is 4.39 Å². The van der Waals surface area contributed by atoms with Crippen LogP contribution < -0.4 is 0 Å². The monoisotopic (exact) mass is 241 g/mol. The van der Waals surface area contributed by atoms with Crippen LogP contribution in [0, 0.1) is 5.95 Å². The summed E-state index contributed by atoms with van der Waals surface area (Å²) in [6.45, 7) is 0. The van der Waals surface area contributed by atoms with Crippen molar-refractivity contribution in [3.05, 3.63) is 55.0 Å². The molecule has 0 saturated heterocycles. The zero-order chi connectivity index (χ0) is 12.4. The van der Waals surface area contributed by atoms with Crippen LogP contribution in [0.5, 0.6) is 0 Å². The van der Waals surface area contributed by atoms with Crippen LogP contribution in [0.2, 0.25) is 0 Å². The maximum atomic E-state index is 12.7. The molecule has 6 heteroatoms. The standard InChI is InChI=1S/C12H8FN5/c13-12-4-3-10(7-15-12)18-8-11(16-17-18)9-2-1-5-14-6-9/h1-8H. The molecular weight excluding hydrogens is 233 g/mol. The predicted molar refractivity (Wildman–Crippen MR) is 62.3 cm³/mol. The molecule has 3 aromatic heterocycles. The molecule has 3 aromatic rings. The van der Waals surface area contributed by atoms with Crippen molar-refractivity contribution in [1.82, 2.24) is 25.0 Å². The summed E-state index contributed by atoms with van der Waals surface area (Å²) >= 11 is 0. The summed E-state index contributed by atoms with van der Waals surface area (Å²) in [5.41, 5.74) is 2.23. The minimum Gasteiger partial charge on any atom is -0.264 e. The quantitative estimate of drug-likeness (QED) is 0.642. The average Bonchev–Trinajstić information content (AvgIpc) is 2.90. The topological polar surface area (TPSA) is 56.5 Å². The molecule has 0 amide bonds. The number of hydrogen-bond acceptors (Lipinski definition) is 4. The van der Waals surface area contributed by atoms with Crippen LogP contribution in [0.25, 0.3) is 16.9 Å². The fourth-order valence-corrected chi connectivity index (χ4v) is 1.54. The van der Waals surface area contributed by atoms with Gasteiger partial charge in [0.25, 0.3) is 0 Å². The van der Waals surface area contributed by atoms with Crippen LogP contribution >= 0.6 is 0 Å². The highest BCUT2D eigenvalue weighted by atomic mass is 19.1. The lowest BCUT2D eigenvalue weighted by Gasteiger charge is -1.97. The zero-order valence-electron chi connectivity index (χ0n) is 9.23. The highest BCUT2D eigenvalue weighted by Gasteiger charge is 2.05. The molecule has 0 unspecified atom stereocenters. The second-order valence-corrected chi connectivity index (χ2v) is 3.63. The maximum Gasteiger partial charge on any atom is 0.212 e. The Bertz CT molecular complexity index is 648. The zero-order valence-corrected chi connectivity index (χ0v) is 9.23. The Labute approximate surface area is 102 Å². The fraction of sp³-hybridized carbons (Fsp3) is 0. The highest BCUT2D eigenvalue weighted by Crippen LogP contribution is 2.15. The smallest absolute Gasteiger partial charge is 0.212 e. The predicted octanol–water partition coefficient (Wildman–Crippen LogP) is 1.86. The van der Waals surface area contributed by atoms with Gasteiger partial charge in [0.05, 0.1) is 18.1 Å². The summed E-state index contributed by atoms with van der Waals surface area (Å²) in [6, 6.07) is 6.59. The molecule has 0 aliphatic carbocycles. The van der Waals surface area contributed by atoms with Crippen molar-refractivity contribution in [3.63, 3.8) is 0 Å². The van der Waals surface area contributed by atoms with E-state index in [0.717, 1.165) is 5.56 Å². The van der Waals surface area contributed by atoms with Gasteiger partial charge in [-0.05, 0) is 24.3 Å². The minimum atomic E-state index is -0.522. The number of aromatic nitrogens is 5. The van der Waals surface area contributed by atoms with Gasteiger partial charge in [-0.15, -0.1) is 5.10 Å². The molecule has 0 saturated carbocycles. The molecule has 0 fully saturated rings. The number of nitrogens with zero attached hydrogens (tertiary/aromatic N) is 5. The van der Waals surface area contributed by atoms with E-state index in [-0.39, 0.29) is 0 Å². The van der Waals surface area contributed by atoms with Gasteiger partial charge in [-0.1, -0.05) is 5.21 Å². The largest absolute Gasteiger partial charge is 0.264 e. The van der Waals surface area contributed by atoms with Crippen LogP contribution in [0.15, 0.2) is 49.1 Å². The van der Waals surface area contributed by atoms with Gasteiger partial charge in [0.2, 0.25) is 5.95 Å². The Morgan fingerprint density at radius 2 is 2.06 bits per heavy atom. The van der Waals surface area contributed by atoms with Gasteiger partial charge in [0.15, 0.2) is 0 Å². The SMILES string of the molecule is Fc1ccc(-n2cc(-c3cccnc3)nn2)cn1. The highest BCUT2D eigenvalue weighted by molar-refractivity contribution is 5.56. The van der Waals surface area contributed by atoms with Crippen LogP contribution in [0.3, 0.4) is 0 Å². The Morgan fingerprint density at radius 3 is 2.78 bits per heavy atom. The Hall–Kier alpha value is -2.63. The van der Waals surface area contributed by atoms with Crippen molar-refractivity contribution in [1.29, 1.82) is 0 Å². The van der Waals surface area contributed by atoms with E-state index < -0.39 is 5.95 Å². The Balaban J connectivity index is 1.97. The maximum absolute atomic E-state index is 12.7. The van der Waals surface area contributed by atoms with E-state index in [1.807, 2.05) is 12.1 Å². The summed E-state index contributed by atoms with van der Waals surface area (Å²) in [7, 11) is 0. The third-order valence-electron chi connectivity index (χ3n) is 2.43. The molecule has 5 nitrogen and oxygen atoms in total. The van der Waals surface area contributed by atoms with Gasteiger partial charge in [-0.25, -0.2) is 9.67 Å². The summed E-state index contributed by atoms with van der Waals surface area (Å²) in [4.78, 5) is 7.59. The molecule has 0 atom stereocenters. The van der Waals surface area contributed by atoms with Gasteiger partial charge in [0.1, 0.15) is 5.69 Å². The van der Waals surface area contributed by atoms with Gasteiger partial charge in [-0.3, -0.25) is 4.98 Å². The molecule has 3 heterocycles. The van der Waals surface area contributed by atoms with Crippen molar-refractivity contribution in [2.24, 2.45) is 0 Å². The lowest BCUT2D eigenvalue weighted by molar-refractivity contribution is 0.582. The molecule has 0 aliphatic rings. The summed E-state index contributed by atoms with van der Waals surface area (Å²) < 4.78 is 14.2. The molecule has 3 rings (SSSR count). The van der Waals surface area contributed by atoms with Crippen molar-refractivity contribution >= 4 is 0 Å². The number of halogens is 1. The first-order valence-corrected chi connectivity index (χ1v) is 5.27. The molecule has 88 valence electrons. The molecule has 0 N–H and O–H groups in total. The summed E-state index contributed by atoms with van der Waals surface area (Å²) in [6.07, 6.45) is 6.54. The normalized spacial score (nSPS) is 10.5. The van der Waals surface area contributed by atoms with Crippen molar-refractivity contribution in [3.8, 4) is 16.9 Å². The molecule has 0 spiro atoms. The van der Waals surface area contributed by atoms with Gasteiger partial charge in [0, 0.05) is 18.0 Å².